The molecule has 0 bridgehead atoms. The third kappa shape index (κ3) is 1.28. The van der Waals surface area contributed by atoms with Crippen molar-refractivity contribution in [3.8, 4) is 0 Å². The maximum atomic E-state index is 12.0. The van der Waals surface area contributed by atoms with E-state index >= 15 is 0 Å². The van der Waals surface area contributed by atoms with Crippen LogP contribution < -0.4 is 5.32 Å². The fourth-order valence-corrected chi connectivity index (χ4v) is 1.17. The topological polar surface area (TPSA) is 24.4 Å². The summed E-state index contributed by atoms with van der Waals surface area (Å²) in [6.45, 7) is 2.52. The van der Waals surface area contributed by atoms with Crippen LogP contribution in [0.3, 0.4) is 0 Å². The highest BCUT2D eigenvalue weighted by molar-refractivity contribution is 5.58. The van der Waals surface area contributed by atoms with Crippen molar-refractivity contribution in [2.45, 2.75) is 25.3 Å². The molecule has 0 aromatic heterocycles. The maximum Gasteiger partial charge on any atom is 0.0917 e. The molecule has 3 heteroatoms. The lowest BCUT2D eigenvalue weighted by Gasteiger charge is -2.25. The van der Waals surface area contributed by atoms with Crippen LogP contribution in [-0.4, -0.2) is 25.1 Å². The Bertz CT molecular complexity index is 126. The van der Waals surface area contributed by atoms with Crippen LogP contribution in [0, 0.1) is 0 Å². The fraction of sp³-hybridized carbons (Fsp3) is 0.857. The molecule has 0 fully saturated rings. The molecule has 0 spiro atoms. The number of nitrogens with one attached hydrogen (secondary N) is 1. The Morgan fingerprint density at radius 2 is 2.60 bits per heavy atom. The summed E-state index contributed by atoms with van der Waals surface area (Å²) in [4.78, 5) is 4.02. The molecule has 1 rings (SSSR count). The molecule has 0 aromatic rings. The van der Waals surface area contributed by atoms with Gasteiger partial charge < -0.3 is 5.32 Å². The molecular formula is C7H13FN2. The Labute approximate surface area is 60.5 Å². The first-order valence-electron chi connectivity index (χ1n) is 3.65. The molecule has 1 unspecified atom stereocenters. The Morgan fingerprint density at radius 3 is 3.00 bits per heavy atom. The Kier molecular flexibility index (Phi) is 2.25. The minimum absolute atomic E-state index is 0.0608. The molecule has 1 aliphatic heterocycles. The van der Waals surface area contributed by atoms with Crippen LogP contribution >= 0.6 is 0 Å². The third-order valence-corrected chi connectivity index (χ3v) is 2.11. The molecule has 58 valence electrons. The molecule has 1 heterocycles. The summed E-state index contributed by atoms with van der Waals surface area (Å²) in [7, 11) is 0. The Hall–Kier alpha value is -0.600. The third-order valence-electron chi connectivity index (χ3n) is 2.11. The number of hydrogen-bond donors (Lipinski definition) is 1. The quantitative estimate of drug-likeness (QED) is 0.630. The van der Waals surface area contributed by atoms with Gasteiger partial charge in [0.1, 0.15) is 0 Å². The van der Waals surface area contributed by atoms with E-state index in [0.29, 0.717) is 6.42 Å². The lowest BCUT2D eigenvalue weighted by molar-refractivity contribution is 0.319. The van der Waals surface area contributed by atoms with Crippen LogP contribution in [0.25, 0.3) is 0 Å². The minimum Gasteiger partial charge on any atom is -0.369 e. The van der Waals surface area contributed by atoms with Crippen molar-refractivity contribution in [1.82, 2.24) is 5.32 Å². The van der Waals surface area contributed by atoms with Gasteiger partial charge in [0.15, 0.2) is 0 Å². The predicted molar refractivity (Wildman–Crippen MR) is 40.1 cm³/mol. The second kappa shape index (κ2) is 2.99. The number of nitrogens with zero attached hydrogens (tertiary/aromatic N) is 1. The molecule has 0 radical (unpaired) electrons. The van der Waals surface area contributed by atoms with E-state index in [4.69, 9.17) is 0 Å². The van der Waals surface area contributed by atoms with Gasteiger partial charge in [-0.1, -0.05) is 6.92 Å². The molecule has 10 heavy (non-hydrogen) atoms. The van der Waals surface area contributed by atoms with E-state index in [9.17, 15) is 4.39 Å². The van der Waals surface area contributed by atoms with Gasteiger partial charge in [-0.3, -0.25) is 9.38 Å². The number of halogens is 1. The van der Waals surface area contributed by atoms with Gasteiger partial charge in [0, 0.05) is 6.42 Å². The Balaban J connectivity index is 2.44. The van der Waals surface area contributed by atoms with Gasteiger partial charge in [0.05, 0.1) is 25.1 Å². The first-order chi connectivity index (χ1) is 4.83. The van der Waals surface area contributed by atoms with E-state index in [-0.39, 0.29) is 12.2 Å². The Morgan fingerprint density at radius 1 is 1.80 bits per heavy atom. The largest absolute Gasteiger partial charge is 0.369 e. The van der Waals surface area contributed by atoms with E-state index in [2.05, 4.69) is 17.2 Å². The average Bonchev–Trinajstić information content (AvgIpc) is 2.39. The van der Waals surface area contributed by atoms with Crippen molar-refractivity contribution in [1.29, 1.82) is 0 Å². The lowest BCUT2D eigenvalue weighted by atomic mass is 9.94. The standard InChI is InChI=1S/C7H13FN2/c1-2-7(3-4-8)5-9-6-10-7/h6H,2-5H2,1H3,(H,9,10). The molecule has 0 saturated carbocycles. The maximum absolute atomic E-state index is 12.0. The lowest BCUT2D eigenvalue weighted by Crippen LogP contribution is -2.42. The van der Waals surface area contributed by atoms with Crippen molar-refractivity contribution in [2.75, 3.05) is 13.2 Å². The zero-order valence-corrected chi connectivity index (χ0v) is 6.23. The zero-order valence-electron chi connectivity index (χ0n) is 6.23. The highest BCUT2D eigenvalue weighted by Crippen LogP contribution is 2.18. The minimum atomic E-state index is -0.260. The normalized spacial score (nSPS) is 30.6. The van der Waals surface area contributed by atoms with Crippen LogP contribution in [0.15, 0.2) is 4.99 Å². The van der Waals surface area contributed by atoms with Gasteiger partial charge in [0.2, 0.25) is 0 Å². The smallest absolute Gasteiger partial charge is 0.0917 e. The highest BCUT2D eigenvalue weighted by atomic mass is 19.1. The van der Waals surface area contributed by atoms with E-state index in [1.54, 1.807) is 6.34 Å². The van der Waals surface area contributed by atoms with E-state index in [0.717, 1.165) is 13.0 Å². The van der Waals surface area contributed by atoms with E-state index in [1.807, 2.05) is 0 Å². The fourth-order valence-electron chi connectivity index (χ4n) is 1.17. The van der Waals surface area contributed by atoms with E-state index in [1.165, 1.54) is 0 Å². The van der Waals surface area contributed by atoms with E-state index < -0.39 is 0 Å². The molecule has 0 aliphatic carbocycles. The molecule has 1 aliphatic rings. The van der Waals surface area contributed by atoms with Gasteiger partial charge in [-0.05, 0) is 6.42 Å². The van der Waals surface area contributed by atoms with Gasteiger partial charge in [0.25, 0.3) is 0 Å². The molecule has 2 nitrogen and oxygen atoms in total. The first kappa shape index (κ1) is 7.51. The predicted octanol–water partition coefficient (Wildman–Crippen LogP) is 1.13. The molecule has 0 saturated heterocycles. The summed E-state index contributed by atoms with van der Waals surface area (Å²) in [5.41, 5.74) is -0.0608. The summed E-state index contributed by atoms with van der Waals surface area (Å²) in [5, 5.41) is 3.09. The van der Waals surface area contributed by atoms with Crippen LogP contribution in [0.5, 0.6) is 0 Å². The molecule has 1 N–H and O–H groups in total. The van der Waals surface area contributed by atoms with Crippen molar-refractivity contribution in [3.05, 3.63) is 0 Å². The van der Waals surface area contributed by atoms with Crippen LogP contribution in [0.2, 0.25) is 0 Å². The summed E-state index contributed by atoms with van der Waals surface area (Å²) < 4.78 is 12.0. The van der Waals surface area contributed by atoms with Gasteiger partial charge >= 0.3 is 0 Å². The number of alkyl halides is 1. The zero-order chi connectivity index (χ0) is 7.45. The molecule has 1 atom stereocenters. The summed E-state index contributed by atoms with van der Waals surface area (Å²) in [6, 6.07) is 0. The van der Waals surface area contributed by atoms with Gasteiger partial charge in [-0.15, -0.1) is 0 Å². The average molecular weight is 144 g/mol. The first-order valence-corrected chi connectivity index (χ1v) is 3.65. The van der Waals surface area contributed by atoms with Crippen molar-refractivity contribution < 1.29 is 4.39 Å². The monoisotopic (exact) mass is 144 g/mol. The molecule has 0 aromatic carbocycles. The number of rotatable bonds is 3. The number of aliphatic imine (C=N–C) groups is 1. The SMILES string of the molecule is CCC1(CCF)CN=CN1. The summed E-state index contributed by atoms with van der Waals surface area (Å²) in [6.07, 6.45) is 3.19. The van der Waals surface area contributed by atoms with Gasteiger partial charge in [-0.2, -0.15) is 0 Å². The van der Waals surface area contributed by atoms with Gasteiger partial charge in [-0.25, -0.2) is 0 Å². The van der Waals surface area contributed by atoms with Crippen molar-refractivity contribution in [3.63, 3.8) is 0 Å². The van der Waals surface area contributed by atoms with Crippen LogP contribution in [0.1, 0.15) is 19.8 Å². The second-order valence-corrected chi connectivity index (χ2v) is 2.69. The molecular weight excluding hydrogens is 131 g/mol. The summed E-state index contributed by atoms with van der Waals surface area (Å²) in [5.74, 6) is 0. The van der Waals surface area contributed by atoms with Crippen LogP contribution in [-0.2, 0) is 0 Å². The highest BCUT2D eigenvalue weighted by Gasteiger charge is 2.28. The van der Waals surface area contributed by atoms with Crippen LogP contribution in [0.4, 0.5) is 4.39 Å². The van der Waals surface area contributed by atoms with Crippen molar-refractivity contribution >= 4 is 6.34 Å². The second-order valence-electron chi connectivity index (χ2n) is 2.69. The number of hydrogen-bond acceptors (Lipinski definition) is 2. The molecule has 0 amide bonds. The summed E-state index contributed by atoms with van der Waals surface area (Å²) >= 11 is 0. The van der Waals surface area contributed by atoms with Crippen molar-refractivity contribution in [2.24, 2.45) is 4.99 Å².